The SMILES string of the molecule is CCOc1ccc(CCNC(=NC)NCCN2CCCN(C)CC2)cc1OCC.I. The molecule has 1 saturated heterocycles. The normalized spacial score (nSPS) is 15.8. The van der Waals surface area contributed by atoms with Crippen LogP contribution in [0.25, 0.3) is 0 Å². The molecule has 30 heavy (non-hydrogen) atoms. The van der Waals surface area contributed by atoms with Crippen molar-refractivity contribution in [3.05, 3.63) is 23.8 Å². The van der Waals surface area contributed by atoms with Crippen LogP contribution in [0.15, 0.2) is 23.2 Å². The zero-order valence-electron chi connectivity index (χ0n) is 19.1. The molecule has 1 fully saturated rings. The highest BCUT2D eigenvalue weighted by molar-refractivity contribution is 14.0. The summed E-state index contributed by atoms with van der Waals surface area (Å²) in [6, 6.07) is 6.17. The number of ether oxygens (including phenoxy) is 2. The van der Waals surface area contributed by atoms with E-state index in [-0.39, 0.29) is 24.0 Å². The Morgan fingerprint density at radius 1 is 1.00 bits per heavy atom. The van der Waals surface area contributed by atoms with E-state index in [1.165, 1.54) is 25.1 Å². The Morgan fingerprint density at radius 3 is 2.47 bits per heavy atom. The number of rotatable bonds is 10. The molecule has 0 spiro atoms. The van der Waals surface area contributed by atoms with Crippen molar-refractivity contribution in [1.29, 1.82) is 0 Å². The average molecular weight is 533 g/mol. The maximum atomic E-state index is 5.72. The smallest absolute Gasteiger partial charge is 0.191 e. The number of guanidine groups is 1. The first-order chi connectivity index (χ1) is 14.2. The van der Waals surface area contributed by atoms with Crippen LogP contribution in [0.1, 0.15) is 25.8 Å². The minimum absolute atomic E-state index is 0. The third kappa shape index (κ3) is 9.70. The monoisotopic (exact) mass is 533 g/mol. The molecule has 7 nitrogen and oxygen atoms in total. The van der Waals surface area contributed by atoms with Gasteiger partial charge in [0, 0.05) is 39.8 Å². The van der Waals surface area contributed by atoms with Gasteiger partial charge >= 0.3 is 0 Å². The Labute approximate surface area is 199 Å². The van der Waals surface area contributed by atoms with Crippen LogP contribution >= 0.6 is 24.0 Å². The molecule has 2 rings (SSSR count). The molecule has 0 unspecified atom stereocenters. The number of hydrogen-bond donors (Lipinski definition) is 2. The number of likely N-dealkylation sites (N-methyl/N-ethyl adjacent to an activating group) is 1. The largest absolute Gasteiger partial charge is 0.490 e. The molecule has 0 saturated carbocycles. The highest BCUT2D eigenvalue weighted by Crippen LogP contribution is 2.28. The van der Waals surface area contributed by atoms with Gasteiger partial charge in [-0.25, -0.2) is 0 Å². The van der Waals surface area contributed by atoms with Gasteiger partial charge in [-0.1, -0.05) is 6.07 Å². The summed E-state index contributed by atoms with van der Waals surface area (Å²) < 4.78 is 11.4. The molecule has 0 aromatic heterocycles. The van der Waals surface area contributed by atoms with Gasteiger partial charge in [0.05, 0.1) is 13.2 Å². The predicted molar refractivity (Wildman–Crippen MR) is 136 cm³/mol. The van der Waals surface area contributed by atoms with E-state index in [0.29, 0.717) is 13.2 Å². The van der Waals surface area contributed by atoms with Crippen molar-refractivity contribution in [2.45, 2.75) is 26.7 Å². The lowest BCUT2D eigenvalue weighted by molar-refractivity contribution is 0.280. The fourth-order valence-electron chi connectivity index (χ4n) is 3.45. The van der Waals surface area contributed by atoms with Crippen molar-refractivity contribution in [1.82, 2.24) is 20.4 Å². The number of benzene rings is 1. The summed E-state index contributed by atoms with van der Waals surface area (Å²) in [7, 11) is 4.02. The second-order valence-electron chi connectivity index (χ2n) is 7.32. The molecule has 1 heterocycles. The minimum atomic E-state index is 0. The van der Waals surface area contributed by atoms with Crippen LogP contribution in [0.2, 0.25) is 0 Å². The standard InChI is InChI=1S/C22H39N5O2.HI/c1-5-28-20-9-8-19(18-21(20)29-6-2)10-11-24-22(23-3)25-12-15-27-14-7-13-26(4)16-17-27;/h8-9,18H,5-7,10-17H2,1-4H3,(H2,23,24,25);1H. The molecule has 172 valence electrons. The molecule has 0 amide bonds. The lowest BCUT2D eigenvalue weighted by atomic mass is 10.1. The van der Waals surface area contributed by atoms with Crippen LogP contribution in [0.5, 0.6) is 11.5 Å². The molecule has 1 aromatic rings. The molecule has 1 aliphatic heterocycles. The highest BCUT2D eigenvalue weighted by atomic mass is 127. The third-order valence-electron chi connectivity index (χ3n) is 5.07. The topological polar surface area (TPSA) is 61.4 Å². The van der Waals surface area contributed by atoms with Gasteiger partial charge in [-0.15, -0.1) is 24.0 Å². The summed E-state index contributed by atoms with van der Waals surface area (Å²) >= 11 is 0. The second kappa shape index (κ2) is 15.5. The molecule has 1 aliphatic rings. The van der Waals surface area contributed by atoms with Crippen LogP contribution < -0.4 is 20.1 Å². The van der Waals surface area contributed by atoms with Gasteiger partial charge in [0.25, 0.3) is 0 Å². The number of nitrogens with zero attached hydrogens (tertiary/aromatic N) is 3. The van der Waals surface area contributed by atoms with E-state index in [1.807, 2.05) is 27.0 Å². The molecular formula is C22H40IN5O2. The number of hydrogen-bond acceptors (Lipinski definition) is 5. The molecule has 0 aliphatic carbocycles. The van der Waals surface area contributed by atoms with E-state index in [4.69, 9.17) is 9.47 Å². The second-order valence-corrected chi connectivity index (χ2v) is 7.32. The minimum Gasteiger partial charge on any atom is -0.490 e. The Kier molecular flexibility index (Phi) is 13.9. The average Bonchev–Trinajstić information content (AvgIpc) is 2.93. The molecule has 2 N–H and O–H groups in total. The Morgan fingerprint density at radius 2 is 1.73 bits per heavy atom. The van der Waals surface area contributed by atoms with Gasteiger partial charge in [0.2, 0.25) is 0 Å². The van der Waals surface area contributed by atoms with Crippen LogP contribution in [0.4, 0.5) is 0 Å². The van der Waals surface area contributed by atoms with Gasteiger partial charge in [-0.05, 0) is 64.5 Å². The maximum absolute atomic E-state index is 5.72. The lowest BCUT2D eigenvalue weighted by Crippen LogP contribution is -2.42. The van der Waals surface area contributed by atoms with Crippen molar-refractivity contribution in [3.8, 4) is 11.5 Å². The first-order valence-corrected chi connectivity index (χ1v) is 10.9. The molecule has 1 aromatic carbocycles. The van der Waals surface area contributed by atoms with Crippen molar-refractivity contribution in [2.24, 2.45) is 4.99 Å². The summed E-state index contributed by atoms with van der Waals surface area (Å²) in [4.78, 5) is 9.28. The fourth-order valence-corrected chi connectivity index (χ4v) is 3.45. The highest BCUT2D eigenvalue weighted by Gasteiger charge is 2.11. The number of nitrogens with one attached hydrogen (secondary N) is 2. The summed E-state index contributed by atoms with van der Waals surface area (Å²) in [6.45, 7) is 12.7. The van der Waals surface area contributed by atoms with Crippen LogP contribution in [0, 0.1) is 0 Å². The van der Waals surface area contributed by atoms with Crippen molar-refractivity contribution in [2.75, 3.05) is 73.1 Å². The van der Waals surface area contributed by atoms with Crippen molar-refractivity contribution >= 4 is 29.9 Å². The molecule has 0 atom stereocenters. The summed E-state index contributed by atoms with van der Waals surface area (Å²) in [6.07, 6.45) is 2.14. The van der Waals surface area contributed by atoms with E-state index in [0.717, 1.165) is 56.6 Å². The van der Waals surface area contributed by atoms with Crippen molar-refractivity contribution in [3.63, 3.8) is 0 Å². The summed E-state index contributed by atoms with van der Waals surface area (Å²) in [5.41, 5.74) is 1.22. The van der Waals surface area contributed by atoms with Gasteiger partial charge < -0.3 is 29.9 Å². The quantitative estimate of drug-likeness (QED) is 0.274. The zero-order chi connectivity index (χ0) is 20.9. The van der Waals surface area contributed by atoms with E-state index in [9.17, 15) is 0 Å². The molecular weight excluding hydrogens is 493 g/mol. The van der Waals surface area contributed by atoms with Gasteiger partial charge in [0.1, 0.15) is 0 Å². The van der Waals surface area contributed by atoms with Crippen LogP contribution in [0.3, 0.4) is 0 Å². The van der Waals surface area contributed by atoms with Crippen LogP contribution in [-0.4, -0.2) is 88.9 Å². The Bertz CT molecular complexity index is 630. The van der Waals surface area contributed by atoms with E-state index >= 15 is 0 Å². The van der Waals surface area contributed by atoms with E-state index in [1.54, 1.807) is 0 Å². The molecule has 0 bridgehead atoms. The maximum Gasteiger partial charge on any atom is 0.191 e. The Balaban J connectivity index is 0.00000450. The predicted octanol–water partition coefficient (Wildman–Crippen LogP) is 2.45. The third-order valence-corrected chi connectivity index (χ3v) is 5.07. The van der Waals surface area contributed by atoms with E-state index < -0.39 is 0 Å². The summed E-state index contributed by atoms with van der Waals surface area (Å²) in [5.74, 6) is 2.48. The van der Waals surface area contributed by atoms with Crippen molar-refractivity contribution < 1.29 is 9.47 Å². The van der Waals surface area contributed by atoms with Gasteiger partial charge in [-0.2, -0.15) is 0 Å². The Hall–Kier alpha value is -1.26. The molecule has 0 radical (unpaired) electrons. The number of halogens is 1. The lowest BCUT2D eigenvalue weighted by Gasteiger charge is -2.21. The fraction of sp³-hybridized carbons (Fsp3) is 0.682. The zero-order valence-corrected chi connectivity index (χ0v) is 21.4. The van der Waals surface area contributed by atoms with Crippen LogP contribution in [-0.2, 0) is 6.42 Å². The van der Waals surface area contributed by atoms with Gasteiger partial charge in [-0.3, -0.25) is 4.99 Å². The molecule has 8 heteroatoms. The van der Waals surface area contributed by atoms with Gasteiger partial charge in [0.15, 0.2) is 17.5 Å². The number of aliphatic imine (C=N–C) groups is 1. The van der Waals surface area contributed by atoms with E-state index in [2.05, 4.69) is 44.6 Å². The first-order valence-electron chi connectivity index (χ1n) is 10.9. The first kappa shape index (κ1) is 26.8. The summed E-state index contributed by atoms with van der Waals surface area (Å²) in [5, 5.41) is 6.84.